The van der Waals surface area contributed by atoms with E-state index in [2.05, 4.69) is 24.3 Å². The van der Waals surface area contributed by atoms with Crippen LogP contribution in [0.5, 0.6) is 0 Å². The molecule has 3 aliphatic rings. The fourth-order valence-electron chi connectivity index (χ4n) is 4.00. The van der Waals surface area contributed by atoms with Crippen LogP contribution < -0.4 is 0 Å². The van der Waals surface area contributed by atoms with E-state index in [4.69, 9.17) is 23.7 Å². The third kappa shape index (κ3) is 3.93. The third-order valence-corrected chi connectivity index (χ3v) is 5.37. The first-order valence-electron chi connectivity index (χ1n) is 9.65. The van der Waals surface area contributed by atoms with Crippen LogP contribution in [0.4, 0.5) is 0 Å². The highest BCUT2D eigenvalue weighted by molar-refractivity contribution is 5.16. The van der Waals surface area contributed by atoms with Crippen LogP contribution in [-0.2, 0) is 36.5 Å². The average molecular weight is 368 g/mol. The Morgan fingerprint density at radius 3 is 1.93 bits per heavy atom. The zero-order valence-corrected chi connectivity index (χ0v) is 15.1. The van der Waals surface area contributed by atoms with Crippen molar-refractivity contribution in [3.05, 3.63) is 71.8 Å². The lowest BCUT2D eigenvalue weighted by atomic mass is 10.1. The van der Waals surface area contributed by atoms with Crippen LogP contribution in [-0.4, -0.2) is 43.8 Å². The summed E-state index contributed by atoms with van der Waals surface area (Å²) in [5.74, 6) is 0. The molecule has 142 valence electrons. The lowest BCUT2D eigenvalue weighted by molar-refractivity contribution is -0.176. The largest absolute Gasteiger partial charge is 0.349 e. The maximum Gasteiger partial charge on any atom is 0.187 e. The Morgan fingerprint density at radius 2 is 1.26 bits per heavy atom. The minimum absolute atomic E-state index is 0.0273. The third-order valence-electron chi connectivity index (χ3n) is 5.37. The smallest absolute Gasteiger partial charge is 0.187 e. The van der Waals surface area contributed by atoms with Crippen LogP contribution >= 0.6 is 0 Å². The molecule has 0 aromatic heterocycles. The molecule has 3 fully saturated rings. The summed E-state index contributed by atoms with van der Waals surface area (Å²) in [7, 11) is 0. The molecule has 5 rings (SSSR count). The van der Waals surface area contributed by atoms with Crippen molar-refractivity contribution in [2.45, 2.75) is 56.4 Å². The van der Waals surface area contributed by atoms with E-state index >= 15 is 0 Å². The van der Waals surface area contributed by atoms with Crippen molar-refractivity contribution >= 4 is 0 Å². The molecule has 2 aromatic carbocycles. The normalized spacial score (nSPS) is 35.4. The highest BCUT2D eigenvalue weighted by Crippen LogP contribution is 2.36. The molecule has 6 atom stereocenters. The number of fused-ring (bicyclic) bond motifs is 1. The van der Waals surface area contributed by atoms with Gasteiger partial charge in [-0.3, -0.25) is 0 Å². The van der Waals surface area contributed by atoms with E-state index in [1.165, 1.54) is 11.1 Å². The summed E-state index contributed by atoms with van der Waals surface area (Å²) >= 11 is 0. The summed E-state index contributed by atoms with van der Waals surface area (Å²) in [5.41, 5.74) is 2.41. The summed E-state index contributed by atoms with van der Waals surface area (Å²) in [6.45, 7) is 0.551. The monoisotopic (exact) mass is 368 g/mol. The van der Waals surface area contributed by atoms with Gasteiger partial charge in [-0.1, -0.05) is 60.7 Å². The minimum Gasteiger partial charge on any atom is -0.349 e. The fraction of sp³-hybridized carbons (Fsp3) is 0.455. The Bertz CT molecular complexity index is 723. The van der Waals surface area contributed by atoms with E-state index in [-0.39, 0.29) is 37.2 Å². The van der Waals surface area contributed by atoms with Gasteiger partial charge in [0.05, 0.1) is 12.7 Å². The number of benzene rings is 2. The molecule has 0 N–H and O–H groups in total. The van der Waals surface area contributed by atoms with Crippen LogP contribution in [0, 0.1) is 0 Å². The lowest BCUT2D eigenvalue weighted by Crippen LogP contribution is -2.31. The Balaban J connectivity index is 1.11. The molecule has 27 heavy (non-hydrogen) atoms. The van der Waals surface area contributed by atoms with Crippen molar-refractivity contribution in [3.63, 3.8) is 0 Å². The zero-order valence-electron chi connectivity index (χ0n) is 15.1. The molecular formula is C22H24O5. The predicted molar refractivity (Wildman–Crippen MR) is 97.9 cm³/mol. The van der Waals surface area contributed by atoms with Gasteiger partial charge in [0.25, 0.3) is 0 Å². The number of rotatable bonds is 5. The molecule has 2 aromatic rings. The second-order valence-corrected chi connectivity index (χ2v) is 7.34. The summed E-state index contributed by atoms with van der Waals surface area (Å²) in [4.78, 5) is 0. The molecule has 0 aliphatic carbocycles. The minimum atomic E-state index is -0.305. The first-order valence-corrected chi connectivity index (χ1v) is 9.65. The Morgan fingerprint density at radius 1 is 0.630 bits per heavy atom. The van der Waals surface area contributed by atoms with Gasteiger partial charge in [0, 0.05) is 19.3 Å². The van der Waals surface area contributed by atoms with Gasteiger partial charge in [-0.05, 0) is 11.1 Å². The predicted octanol–water partition coefficient (Wildman–Crippen LogP) is 3.07. The molecular weight excluding hydrogens is 344 g/mol. The molecule has 0 bridgehead atoms. The van der Waals surface area contributed by atoms with Gasteiger partial charge in [0.1, 0.15) is 12.2 Å². The summed E-state index contributed by atoms with van der Waals surface area (Å²) in [6.07, 6.45) is 1.38. The maximum atomic E-state index is 6.08. The zero-order chi connectivity index (χ0) is 18.1. The molecule has 3 heterocycles. The second-order valence-electron chi connectivity index (χ2n) is 7.34. The van der Waals surface area contributed by atoms with Gasteiger partial charge in [-0.2, -0.15) is 0 Å². The van der Waals surface area contributed by atoms with Crippen molar-refractivity contribution in [2.75, 3.05) is 6.61 Å². The van der Waals surface area contributed by atoms with Crippen molar-refractivity contribution in [1.82, 2.24) is 0 Å². The van der Waals surface area contributed by atoms with Crippen molar-refractivity contribution < 1.29 is 23.7 Å². The number of ether oxygens (including phenoxy) is 5. The topological polar surface area (TPSA) is 46.2 Å². The van der Waals surface area contributed by atoms with Crippen molar-refractivity contribution in [2.24, 2.45) is 0 Å². The molecule has 3 aliphatic heterocycles. The Kier molecular flexibility index (Phi) is 4.95. The van der Waals surface area contributed by atoms with Gasteiger partial charge in [-0.25, -0.2) is 0 Å². The van der Waals surface area contributed by atoms with Crippen LogP contribution in [0.3, 0.4) is 0 Å². The van der Waals surface area contributed by atoms with E-state index in [1.54, 1.807) is 0 Å². The Hall–Kier alpha value is -1.76. The van der Waals surface area contributed by atoms with Crippen molar-refractivity contribution in [1.29, 1.82) is 0 Å². The SMILES string of the molecule is c1ccc(CC2OCC(C3CC4OC(Cc5ccccc5)OC4O3)O2)cc1. The molecule has 0 amide bonds. The molecule has 5 heteroatoms. The summed E-state index contributed by atoms with van der Waals surface area (Å²) < 4.78 is 30.0. The highest BCUT2D eigenvalue weighted by Gasteiger charge is 2.49. The molecule has 0 saturated carbocycles. The van der Waals surface area contributed by atoms with Crippen LogP contribution in [0.15, 0.2) is 60.7 Å². The van der Waals surface area contributed by atoms with E-state index in [9.17, 15) is 0 Å². The standard InChI is InChI=1S/C22H24O5/c1-3-7-15(8-4-1)11-20-23-14-19(25-20)17-13-18-22(26-17)27-21(24-18)12-16-9-5-2-6-10-16/h1-10,17-22H,11-14H2. The van der Waals surface area contributed by atoms with Crippen LogP contribution in [0.25, 0.3) is 0 Å². The van der Waals surface area contributed by atoms with E-state index in [1.807, 2.05) is 36.4 Å². The average Bonchev–Trinajstić information content (AvgIpc) is 3.38. The van der Waals surface area contributed by atoms with Gasteiger partial charge in [0.2, 0.25) is 0 Å². The second kappa shape index (κ2) is 7.70. The van der Waals surface area contributed by atoms with Crippen LogP contribution in [0.2, 0.25) is 0 Å². The quantitative estimate of drug-likeness (QED) is 0.812. The molecule has 5 nitrogen and oxygen atoms in total. The molecule has 6 unspecified atom stereocenters. The lowest BCUT2D eigenvalue weighted by Gasteiger charge is -2.20. The highest BCUT2D eigenvalue weighted by atomic mass is 16.8. The summed E-state index contributed by atoms with van der Waals surface area (Å²) in [6, 6.07) is 20.5. The first-order chi connectivity index (χ1) is 13.3. The molecule has 0 spiro atoms. The Labute approximate surface area is 159 Å². The summed E-state index contributed by atoms with van der Waals surface area (Å²) in [5, 5.41) is 0. The van der Waals surface area contributed by atoms with Gasteiger partial charge in [0.15, 0.2) is 18.9 Å². The van der Waals surface area contributed by atoms with E-state index < -0.39 is 0 Å². The maximum absolute atomic E-state index is 6.08. The molecule has 0 radical (unpaired) electrons. The van der Waals surface area contributed by atoms with E-state index in [0.717, 1.165) is 19.3 Å². The van der Waals surface area contributed by atoms with Gasteiger partial charge >= 0.3 is 0 Å². The first kappa shape index (κ1) is 17.3. The van der Waals surface area contributed by atoms with Crippen molar-refractivity contribution in [3.8, 4) is 0 Å². The van der Waals surface area contributed by atoms with Gasteiger partial charge in [-0.15, -0.1) is 0 Å². The number of hydrogen-bond acceptors (Lipinski definition) is 5. The molecule has 3 saturated heterocycles. The fourth-order valence-corrected chi connectivity index (χ4v) is 4.00. The van der Waals surface area contributed by atoms with Crippen LogP contribution in [0.1, 0.15) is 17.5 Å². The van der Waals surface area contributed by atoms with Gasteiger partial charge < -0.3 is 23.7 Å². The number of hydrogen-bond donors (Lipinski definition) is 0. The van der Waals surface area contributed by atoms with E-state index in [0.29, 0.717) is 6.61 Å².